The fraction of sp³-hybridized carbons (Fsp3) is 0.100. The number of benzene rings is 3. The van der Waals surface area contributed by atoms with Crippen LogP contribution in [0.25, 0.3) is 0 Å². The molecule has 0 radical (unpaired) electrons. The van der Waals surface area contributed by atoms with E-state index in [0.717, 1.165) is 0 Å². The molecule has 0 aliphatic rings. The van der Waals surface area contributed by atoms with Crippen LogP contribution in [0.3, 0.4) is 0 Å². The molecule has 0 saturated heterocycles. The van der Waals surface area contributed by atoms with Gasteiger partial charge in [-0.25, -0.2) is 0 Å². The van der Waals surface area contributed by atoms with Crippen molar-refractivity contribution in [1.29, 1.82) is 0 Å². The first-order valence-electron chi connectivity index (χ1n) is 7.90. The van der Waals surface area contributed by atoms with Gasteiger partial charge >= 0.3 is 149 Å². The summed E-state index contributed by atoms with van der Waals surface area (Å²) in [5.74, 6) is 0. The number of rotatable bonds is 5. The third-order valence-electron chi connectivity index (χ3n) is 4.22. The predicted octanol–water partition coefficient (Wildman–Crippen LogP) is 5.44. The van der Waals surface area contributed by atoms with Gasteiger partial charge in [0, 0.05) is 0 Å². The normalized spacial score (nSPS) is 13.5. The van der Waals surface area contributed by atoms with E-state index in [-0.39, 0.29) is 6.31 Å². The molecular formula is C20H21BrP2. The zero-order valence-corrected chi connectivity index (χ0v) is 16.7. The van der Waals surface area contributed by atoms with Crippen LogP contribution in [-0.2, 0) is 0 Å². The summed E-state index contributed by atoms with van der Waals surface area (Å²) in [5, 5.41) is 4.46. The van der Waals surface area contributed by atoms with Gasteiger partial charge in [0.25, 0.3) is 0 Å². The van der Waals surface area contributed by atoms with Gasteiger partial charge in [-0.2, -0.15) is 0 Å². The van der Waals surface area contributed by atoms with Gasteiger partial charge in [0.1, 0.15) is 0 Å². The Morgan fingerprint density at radius 2 is 0.957 bits per heavy atom. The second-order valence-corrected chi connectivity index (χ2v) is 18.2. The molecule has 23 heavy (non-hydrogen) atoms. The Morgan fingerprint density at radius 1 is 0.652 bits per heavy atom. The van der Waals surface area contributed by atoms with Gasteiger partial charge in [-0.3, -0.25) is 0 Å². The molecule has 0 aromatic heterocycles. The summed E-state index contributed by atoms with van der Waals surface area (Å²) in [6.45, 7) is 0.257. The first kappa shape index (κ1) is 16.8. The van der Waals surface area contributed by atoms with E-state index >= 15 is 0 Å². The van der Waals surface area contributed by atoms with E-state index < -0.39 is 6.95 Å². The average Bonchev–Trinajstić information content (AvgIpc) is 2.65. The molecular weight excluding hydrogens is 382 g/mol. The van der Waals surface area contributed by atoms with Gasteiger partial charge in [-0.05, 0) is 0 Å². The van der Waals surface area contributed by atoms with Crippen molar-refractivity contribution >= 4 is 44.7 Å². The third-order valence-corrected chi connectivity index (χ3v) is 20.8. The van der Waals surface area contributed by atoms with Crippen molar-refractivity contribution in [1.82, 2.24) is 0 Å². The van der Waals surface area contributed by atoms with E-state index in [9.17, 15) is 0 Å². The van der Waals surface area contributed by atoms with Crippen molar-refractivity contribution in [3.8, 4) is 0 Å². The van der Waals surface area contributed by atoms with Gasteiger partial charge < -0.3 is 0 Å². The summed E-state index contributed by atoms with van der Waals surface area (Å²) < 4.78 is 0. The van der Waals surface area contributed by atoms with E-state index in [1.165, 1.54) is 22.1 Å². The van der Waals surface area contributed by atoms with Crippen LogP contribution >= 0.6 is 28.8 Å². The Hall–Kier alpha value is -1.00. The third kappa shape index (κ3) is 3.16. The molecule has 0 bridgehead atoms. The van der Waals surface area contributed by atoms with Crippen LogP contribution in [0.4, 0.5) is 0 Å². The van der Waals surface area contributed by atoms with Crippen LogP contribution in [0.15, 0.2) is 91.0 Å². The van der Waals surface area contributed by atoms with E-state index in [0.29, 0.717) is 0 Å². The van der Waals surface area contributed by atoms with E-state index in [2.05, 4.69) is 113 Å². The van der Waals surface area contributed by atoms with Crippen LogP contribution in [0, 0.1) is 0 Å². The van der Waals surface area contributed by atoms with Gasteiger partial charge in [0.2, 0.25) is 0 Å². The first-order valence-corrected chi connectivity index (χ1v) is 14.3. The van der Waals surface area contributed by atoms with Crippen LogP contribution < -0.4 is 15.9 Å². The molecule has 0 fully saturated rings. The summed E-state index contributed by atoms with van der Waals surface area (Å²) in [6.07, 6.45) is 0.863. The number of hydrogen-bond acceptors (Lipinski definition) is 0. The Labute approximate surface area is 148 Å². The Kier molecular flexibility index (Phi) is 5.65. The first-order chi connectivity index (χ1) is 11.3. The predicted molar refractivity (Wildman–Crippen MR) is 113 cm³/mol. The summed E-state index contributed by atoms with van der Waals surface area (Å²) >= 11 is 4.14. The van der Waals surface area contributed by atoms with Crippen molar-refractivity contribution in [2.45, 2.75) is 6.92 Å². The number of hydrogen-bond donors (Lipinski definition) is 0. The SMILES string of the molecule is CCP(Br)[PH](c1ccccc1)(c1ccccc1)c1ccccc1. The topological polar surface area (TPSA) is 0 Å². The maximum atomic E-state index is 4.14. The Bertz CT molecular complexity index is 633. The Morgan fingerprint density at radius 3 is 1.22 bits per heavy atom. The summed E-state index contributed by atoms with van der Waals surface area (Å²) in [7, 11) is 0. The molecule has 0 heterocycles. The van der Waals surface area contributed by atoms with Gasteiger partial charge in [-0.15, -0.1) is 0 Å². The summed E-state index contributed by atoms with van der Waals surface area (Å²) in [5.41, 5.74) is 0. The maximum absolute atomic E-state index is 4.14. The molecule has 3 aromatic carbocycles. The molecule has 3 heteroatoms. The van der Waals surface area contributed by atoms with Gasteiger partial charge in [-0.1, -0.05) is 0 Å². The molecule has 3 rings (SSSR count). The zero-order chi connectivity index (χ0) is 16.1. The average molecular weight is 403 g/mol. The molecule has 118 valence electrons. The van der Waals surface area contributed by atoms with E-state index in [1.807, 2.05) is 0 Å². The summed E-state index contributed by atoms with van der Waals surface area (Å²) in [6, 6.07) is 33.3. The van der Waals surface area contributed by atoms with Crippen LogP contribution in [0.2, 0.25) is 0 Å². The van der Waals surface area contributed by atoms with Crippen LogP contribution in [0.1, 0.15) is 6.92 Å². The van der Waals surface area contributed by atoms with Crippen LogP contribution in [-0.4, -0.2) is 6.16 Å². The zero-order valence-electron chi connectivity index (χ0n) is 13.2. The molecule has 0 aliphatic heterocycles. The monoisotopic (exact) mass is 402 g/mol. The van der Waals surface area contributed by atoms with Crippen molar-refractivity contribution in [3.05, 3.63) is 91.0 Å². The van der Waals surface area contributed by atoms with E-state index in [1.54, 1.807) is 0 Å². The second kappa shape index (κ2) is 7.71. The molecule has 1 atom stereocenters. The molecule has 1 unspecified atom stereocenters. The van der Waals surface area contributed by atoms with Crippen molar-refractivity contribution < 1.29 is 0 Å². The molecule has 0 N–H and O–H groups in total. The van der Waals surface area contributed by atoms with Crippen molar-refractivity contribution in [3.63, 3.8) is 0 Å². The van der Waals surface area contributed by atoms with Gasteiger partial charge in [0.15, 0.2) is 0 Å². The fourth-order valence-corrected chi connectivity index (χ4v) is 18.3. The quantitative estimate of drug-likeness (QED) is 0.498. The second-order valence-electron chi connectivity index (χ2n) is 5.49. The molecule has 0 saturated carbocycles. The number of halogens is 1. The van der Waals surface area contributed by atoms with Crippen LogP contribution in [0.5, 0.6) is 0 Å². The molecule has 3 aromatic rings. The van der Waals surface area contributed by atoms with Crippen molar-refractivity contribution in [2.75, 3.05) is 6.16 Å². The van der Waals surface area contributed by atoms with Gasteiger partial charge in [0.05, 0.1) is 0 Å². The molecule has 0 amide bonds. The Balaban J connectivity index is 2.35. The summed E-state index contributed by atoms with van der Waals surface area (Å²) in [4.78, 5) is 0. The minimum atomic E-state index is -2.05. The minimum absolute atomic E-state index is 0.303. The molecule has 0 nitrogen and oxygen atoms in total. The fourth-order valence-electron chi connectivity index (χ4n) is 3.20. The molecule has 0 spiro atoms. The van der Waals surface area contributed by atoms with E-state index in [4.69, 9.17) is 0 Å². The van der Waals surface area contributed by atoms with Crippen molar-refractivity contribution in [2.24, 2.45) is 0 Å². The standard InChI is InChI=1S/C20H21BrP2/c1-2-22(21)23(18-12-6-3-7-13-18,19-14-8-4-9-15-19)20-16-10-5-11-17-20/h3-17,23H,2H2,1H3. The molecule has 0 aliphatic carbocycles.